The van der Waals surface area contributed by atoms with Crippen molar-refractivity contribution in [3.8, 4) is 10.4 Å². The Hall–Kier alpha value is -2.90. The number of carbonyl (C=O) groups excluding carboxylic acids is 3. The molecule has 0 saturated carbocycles. The van der Waals surface area contributed by atoms with Crippen molar-refractivity contribution in [2.45, 2.75) is 83.3 Å². The lowest BCUT2D eigenvalue weighted by molar-refractivity contribution is -0.144. The Morgan fingerprint density at radius 3 is 2.37 bits per heavy atom. The summed E-state index contributed by atoms with van der Waals surface area (Å²) < 4.78 is 0. The largest absolute Gasteiger partial charge is 0.394 e. The van der Waals surface area contributed by atoms with Crippen molar-refractivity contribution in [2.24, 2.45) is 5.41 Å². The monoisotopic (exact) mass is 612 g/mol. The molecule has 5 rings (SSSR count). The molecule has 43 heavy (non-hydrogen) atoms. The fourth-order valence-corrected chi connectivity index (χ4v) is 7.38. The van der Waals surface area contributed by atoms with Crippen molar-refractivity contribution in [1.82, 2.24) is 30.7 Å². The summed E-state index contributed by atoms with van der Waals surface area (Å²) in [7, 11) is 0. The van der Waals surface area contributed by atoms with E-state index in [2.05, 4.69) is 25.8 Å². The van der Waals surface area contributed by atoms with Crippen molar-refractivity contribution in [3.05, 3.63) is 41.0 Å². The van der Waals surface area contributed by atoms with Crippen LogP contribution in [0.15, 0.2) is 29.8 Å². The molecule has 12 heteroatoms. The number of likely N-dealkylation sites (tertiary alicyclic amines) is 1. The van der Waals surface area contributed by atoms with E-state index in [1.807, 2.05) is 52.0 Å². The molecular weight excluding hydrogens is 568 g/mol. The van der Waals surface area contributed by atoms with Crippen molar-refractivity contribution in [2.75, 3.05) is 32.8 Å². The SMILES string of the molecule is Cc1ncsc1-c1ccc([C@H](CO)NC(=O)C2C[C@@H](O)CN2C(=O)C(NC(=O)CN2C3CCC2CNC3)C(C)(C)C)cc1. The smallest absolute Gasteiger partial charge is 0.246 e. The van der Waals surface area contributed by atoms with Gasteiger partial charge in [-0.2, -0.15) is 0 Å². The Balaban J connectivity index is 1.26. The average molecular weight is 613 g/mol. The highest BCUT2D eigenvalue weighted by Crippen LogP contribution is 2.30. The highest BCUT2D eigenvalue weighted by atomic mass is 32.1. The number of rotatable bonds is 9. The maximum atomic E-state index is 14.0. The van der Waals surface area contributed by atoms with Crippen LogP contribution >= 0.6 is 11.3 Å². The van der Waals surface area contributed by atoms with E-state index in [1.54, 1.807) is 16.8 Å². The number of benzene rings is 1. The van der Waals surface area contributed by atoms with E-state index in [1.165, 1.54) is 4.90 Å². The molecule has 3 aliphatic rings. The van der Waals surface area contributed by atoms with Crippen molar-refractivity contribution in [3.63, 3.8) is 0 Å². The molecule has 4 heterocycles. The number of piperazine rings is 1. The third-order valence-electron chi connectivity index (χ3n) is 8.96. The molecular formula is C31H44N6O5S. The van der Waals surface area contributed by atoms with Gasteiger partial charge in [-0.3, -0.25) is 19.3 Å². The number of aromatic nitrogens is 1. The van der Waals surface area contributed by atoms with Crippen LogP contribution in [0.25, 0.3) is 10.4 Å². The summed E-state index contributed by atoms with van der Waals surface area (Å²) in [5, 5.41) is 30.0. The molecule has 2 bridgehead atoms. The lowest BCUT2D eigenvalue weighted by Crippen LogP contribution is -2.60. The molecule has 4 unspecified atom stereocenters. The molecule has 3 saturated heterocycles. The highest BCUT2D eigenvalue weighted by molar-refractivity contribution is 7.13. The number of aliphatic hydroxyl groups is 2. The minimum atomic E-state index is -0.929. The molecule has 5 N–H and O–H groups in total. The summed E-state index contributed by atoms with van der Waals surface area (Å²) in [5.74, 6) is -1.07. The van der Waals surface area contributed by atoms with Gasteiger partial charge in [0.05, 0.1) is 41.4 Å². The number of aryl methyl sites for hydroxylation is 1. The second-order valence-electron chi connectivity index (χ2n) is 13.1. The van der Waals surface area contributed by atoms with Gasteiger partial charge in [0.1, 0.15) is 12.1 Å². The molecule has 0 aliphatic carbocycles. The van der Waals surface area contributed by atoms with Crippen LogP contribution in [0.4, 0.5) is 0 Å². The molecule has 3 amide bonds. The number of nitrogens with one attached hydrogen (secondary N) is 3. The maximum Gasteiger partial charge on any atom is 0.246 e. The second kappa shape index (κ2) is 13.0. The molecule has 1 aromatic carbocycles. The summed E-state index contributed by atoms with van der Waals surface area (Å²) >= 11 is 1.55. The van der Waals surface area contributed by atoms with Gasteiger partial charge in [0.15, 0.2) is 0 Å². The minimum Gasteiger partial charge on any atom is -0.394 e. The first kappa shape index (κ1) is 31.5. The first-order chi connectivity index (χ1) is 20.5. The summed E-state index contributed by atoms with van der Waals surface area (Å²) in [5.41, 5.74) is 3.83. The summed E-state index contributed by atoms with van der Waals surface area (Å²) in [6.07, 6.45) is 1.32. The quantitative estimate of drug-likeness (QED) is 0.284. The third-order valence-corrected chi connectivity index (χ3v) is 9.94. The second-order valence-corrected chi connectivity index (χ2v) is 14.0. The molecule has 3 aliphatic heterocycles. The zero-order chi connectivity index (χ0) is 30.9. The van der Waals surface area contributed by atoms with Gasteiger partial charge in [-0.05, 0) is 36.3 Å². The van der Waals surface area contributed by atoms with Crippen molar-refractivity contribution in [1.29, 1.82) is 0 Å². The Labute approximate surface area is 257 Å². The number of aliphatic hydroxyl groups excluding tert-OH is 2. The Bertz CT molecular complexity index is 1290. The zero-order valence-electron chi connectivity index (χ0n) is 25.4. The lowest BCUT2D eigenvalue weighted by Gasteiger charge is -2.37. The van der Waals surface area contributed by atoms with Crippen LogP contribution in [-0.4, -0.2) is 106 Å². The summed E-state index contributed by atoms with van der Waals surface area (Å²) in [6, 6.07) is 5.73. The van der Waals surface area contributed by atoms with Crippen LogP contribution in [0, 0.1) is 12.3 Å². The molecule has 0 radical (unpaired) electrons. The molecule has 11 nitrogen and oxygen atoms in total. The lowest BCUT2D eigenvalue weighted by atomic mass is 9.85. The number of carbonyl (C=O) groups is 3. The van der Waals surface area contributed by atoms with E-state index in [4.69, 9.17) is 0 Å². The van der Waals surface area contributed by atoms with E-state index < -0.39 is 41.5 Å². The molecule has 2 aromatic rings. The van der Waals surface area contributed by atoms with Crippen LogP contribution < -0.4 is 16.0 Å². The molecule has 3 fully saturated rings. The number of thiazole rings is 1. The third kappa shape index (κ3) is 6.93. The first-order valence-electron chi connectivity index (χ1n) is 15.1. The number of hydrogen-bond acceptors (Lipinski definition) is 9. The van der Waals surface area contributed by atoms with Crippen LogP contribution in [0.1, 0.15) is 57.3 Å². The summed E-state index contributed by atoms with van der Waals surface area (Å²) in [6.45, 7) is 9.20. The maximum absolute atomic E-state index is 14.0. The van der Waals surface area contributed by atoms with E-state index in [0.717, 1.165) is 47.6 Å². The van der Waals surface area contributed by atoms with E-state index in [9.17, 15) is 24.6 Å². The van der Waals surface area contributed by atoms with Gasteiger partial charge in [-0.25, -0.2) is 4.98 Å². The van der Waals surface area contributed by atoms with Gasteiger partial charge in [-0.15, -0.1) is 11.3 Å². The topological polar surface area (TPSA) is 147 Å². The van der Waals surface area contributed by atoms with Gasteiger partial charge in [0.2, 0.25) is 17.7 Å². The van der Waals surface area contributed by atoms with E-state index in [0.29, 0.717) is 12.1 Å². The predicted octanol–water partition coefficient (Wildman–Crippen LogP) is 1.20. The Kier molecular flexibility index (Phi) is 9.52. The fourth-order valence-electron chi connectivity index (χ4n) is 6.57. The van der Waals surface area contributed by atoms with Crippen LogP contribution in [0.3, 0.4) is 0 Å². The van der Waals surface area contributed by atoms with Gasteiger partial charge >= 0.3 is 0 Å². The number of β-amino-alcohol motifs (C(OH)–C–C–N with tert-alkyl or cyclic N) is 1. The van der Waals surface area contributed by atoms with E-state index in [-0.39, 0.29) is 32.0 Å². The fraction of sp³-hybridized carbons (Fsp3) is 0.613. The number of amides is 3. The standard InChI is InChI=1S/C31H44N6O5S/c1-18-27(43-17-33-18)20-7-5-19(6-8-20)24(16-38)34-29(41)25-11-23(39)14-37(25)30(42)28(31(2,3)4)35-26(40)15-36-21-9-10-22(36)13-32-12-21/h5-8,17,21-25,28,32,38-39H,9-16H2,1-4H3,(H,34,41)(H,35,40)/t21?,22?,23-,24+,25?,28?/m1/s1. The van der Waals surface area contributed by atoms with Crippen molar-refractivity contribution < 1.29 is 24.6 Å². The molecule has 0 spiro atoms. The van der Waals surface area contributed by atoms with Crippen LogP contribution in [-0.2, 0) is 14.4 Å². The Morgan fingerprint density at radius 1 is 1.12 bits per heavy atom. The van der Waals surface area contributed by atoms with Gasteiger partial charge in [-0.1, -0.05) is 45.0 Å². The van der Waals surface area contributed by atoms with Gasteiger partial charge < -0.3 is 31.1 Å². The average Bonchev–Trinajstić information content (AvgIpc) is 3.63. The number of hydrogen-bond donors (Lipinski definition) is 5. The molecule has 1 aromatic heterocycles. The van der Waals surface area contributed by atoms with E-state index >= 15 is 0 Å². The predicted molar refractivity (Wildman–Crippen MR) is 164 cm³/mol. The zero-order valence-corrected chi connectivity index (χ0v) is 26.2. The normalized spacial score (nSPS) is 25.4. The summed E-state index contributed by atoms with van der Waals surface area (Å²) in [4.78, 5) is 49.7. The number of fused-ring (bicyclic) bond motifs is 2. The first-order valence-corrected chi connectivity index (χ1v) is 16.0. The van der Waals surface area contributed by atoms with Gasteiger partial charge in [0.25, 0.3) is 0 Å². The molecule has 6 atom stereocenters. The van der Waals surface area contributed by atoms with Gasteiger partial charge in [0, 0.05) is 38.1 Å². The van der Waals surface area contributed by atoms with Crippen molar-refractivity contribution >= 4 is 29.1 Å². The van der Waals surface area contributed by atoms with Crippen LogP contribution in [0.5, 0.6) is 0 Å². The molecule has 234 valence electrons. The number of nitrogens with zero attached hydrogens (tertiary/aromatic N) is 3. The minimum absolute atomic E-state index is 0.00595. The Morgan fingerprint density at radius 2 is 1.79 bits per heavy atom. The van der Waals surface area contributed by atoms with Crippen LogP contribution in [0.2, 0.25) is 0 Å². The highest BCUT2D eigenvalue weighted by Gasteiger charge is 2.45.